The molecular formula is C21H26N4O. The lowest BCUT2D eigenvalue weighted by Gasteiger charge is -2.32. The largest absolute Gasteiger partial charge is 0.353 e. The van der Waals surface area contributed by atoms with Crippen LogP contribution in [0.3, 0.4) is 0 Å². The Balaban J connectivity index is 1.40. The maximum Gasteiger partial charge on any atom is 0.225 e. The van der Waals surface area contributed by atoms with Crippen LogP contribution in [0.5, 0.6) is 0 Å². The Labute approximate surface area is 154 Å². The van der Waals surface area contributed by atoms with Crippen molar-refractivity contribution in [3.05, 3.63) is 42.7 Å². The van der Waals surface area contributed by atoms with E-state index in [9.17, 15) is 4.79 Å². The molecule has 4 rings (SSSR count). The molecule has 1 amide bonds. The van der Waals surface area contributed by atoms with Gasteiger partial charge in [-0.2, -0.15) is 0 Å². The van der Waals surface area contributed by atoms with Gasteiger partial charge in [-0.05, 0) is 31.2 Å². The highest BCUT2D eigenvalue weighted by atomic mass is 16.2. The van der Waals surface area contributed by atoms with Gasteiger partial charge in [-0.3, -0.25) is 4.79 Å². The lowest BCUT2D eigenvalue weighted by atomic mass is 9.97. The summed E-state index contributed by atoms with van der Waals surface area (Å²) in [5.41, 5.74) is 2.13. The van der Waals surface area contributed by atoms with Crippen LogP contribution in [0, 0.1) is 5.92 Å². The Morgan fingerprint density at radius 3 is 2.42 bits per heavy atom. The minimum absolute atomic E-state index is 0.0433. The third kappa shape index (κ3) is 3.87. The number of carbonyl (C=O) groups is 1. The van der Waals surface area contributed by atoms with E-state index in [2.05, 4.69) is 32.3 Å². The molecule has 5 nitrogen and oxygen atoms in total. The number of benzene rings is 1. The molecule has 0 radical (unpaired) electrons. The van der Waals surface area contributed by atoms with Crippen molar-refractivity contribution in [2.45, 2.75) is 44.6 Å². The molecule has 0 spiro atoms. The predicted molar refractivity (Wildman–Crippen MR) is 103 cm³/mol. The van der Waals surface area contributed by atoms with Crippen molar-refractivity contribution in [1.29, 1.82) is 0 Å². The fourth-order valence-electron chi connectivity index (χ4n) is 4.03. The summed E-state index contributed by atoms with van der Waals surface area (Å²) in [6, 6.07) is 10.5. The van der Waals surface area contributed by atoms with Gasteiger partial charge in [-0.1, -0.05) is 43.2 Å². The van der Waals surface area contributed by atoms with Crippen molar-refractivity contribution in [2.75, 3.05) is 18.0 Å². The molecule has 1 N–H and O–H groups in total. The normalized spacial score (nSPS) is 20.9. The van der Waals surface area contributed by atoms with E-state index >= 15 is 0 Å². The van der Waals surface area contributed by atoms with Gasteiger partial charge in [-0.25, -0.2) is 9.97 Å². The maximum atomic E-state index is 12.6. The van der Waals surface area contributed by atoms with Crippen molar-refractivity contribution in [2.24, 2.45) is 5.92 Å². The molecule has 1 saturated carbocycles. The van der Waals surface area contributed by atoms with E-state index in [0.29, 0.717) is 12.6 Å². The molecule has 2 aromatic rings. The van der Waals surface area contributed by atoms with Crippen LogP contribution in [0.2, 0.25) is 0 Å². The number of rotatable bonds is 4. The third-order valence-corrected chi connectivity index (χ3v) is 5.52. The number of piperidine rings is 1. The van der Waals surface area contributed by atoms with E-state index < -0.39 is 0 Å². The van der Waals surface area contributed by atoms with Gasteiger partial charge in [0.2, 0.25) is 11.9 Å². The Kier molecular flexibility index (Phi) is 5.14. The van der Waals surface area contributed by atoms with E-state index in [1.54, 1.807) is 0 Å². The van der Waals surface area contributed by atoms with E-state index in [-0.39, 0.29) is 11.8 Å². The van der Waals surface area contributed by atoms with E-state index in [0.717, 1.165) is 49.3 Å². The first-order chi connectivity index (χ1) is 12.8. The smallest absolute Gasteiger partial charge is 0.225 e. The number of nitrogens with zero attached hydrogens (tertiary/aromatic N) is 3. The highest BCUT2D eigenvalue weighted by Gasteiger charge is 2.29. The average Bonchev–Trinajstić information content (AvgIpc) is 3.22. The molecule has 2 fully saturated rings. The van der Waals surface area contributed by atoms with E-state index in [4.69, 9.17) is 0 Å². The average molecular weight is 350 g/mol. The van der Waals surface area contributed by atoms with Gasteiger partial charge < -0.3 is 10.2 Å². The molecule has 2 heterocycles. The molecule has 5 heteroatoms. The Bertz CT molecular complexity index is 725. The number of nitrogens with one attached hydrogen (secondary N) is 1. The SMILES string of the molecule is O=C(NC1CCCC1)C1CCCN(c2ncc(-c3ccccc3)cn2)C1. The Morgan fingerprint density at radius 2 is 1.69 bits per heavy atom. The summed E-state index contributed by atoms with van der Waals surface area (Å²) in [5, 5.41) is 3.24. The predicted octanol–water partition coefficient (Wildman–Crippen LogP) is 3.42. The first-order valence-electron chi connectivity index (χ1n) is 9.72. The molecule has 1 aliphatic heterocycles. The summed E-state index contributed by atoms with van der Waals surface area (Å²) in [5.74, 6) is 0.979. The number of hydrogen-bond donors (Lipinski definition) is 1. The topological polar surface area (TPSA) is 58.1 Å². The van der Waals surface area contributed by atoms with Gasteiger partial charge in [-0.15, -0.1) is 0 Å². The number of aromatic nitrogens is 2. The lowest BCUT2D eigenvalue weighted by Crippen LogP contribution is -2.45. The molecule has 1 atom stereocenters. The molecule has 1 unspecified atom stereocenters. The summed E-state index contributed by atoms with van der Waals surface area (Å²) in [6.07, 6.45) is 10.5. The quantitative estimate of drug-likeness (QED) is 0.918. The van der Waals surface area contributed by atoms with Crippen LogP contribution in [0.15, 0.2) is 42.7 Å². The first-order valence-corrected chi connectivity index (χ1v) is 9.72. The highest BCUT2D eigenvalue weighted by Crippen LogP contribution is 2.24. The second-order valence-corrected chi connectivity index (χ2v) is 7.41. The van der Waals surface area contributed by atoms with Gasteiger partial charge in [0, 0.05) is 37.1 Å². The standard InChI is InChI=1S/C21H26N4O/c26-20(24-19-10-4-5-11-19)17-9-6-12-25(15-17)21-22-13-18(14-23-21)16-7-2-1-3-8-16/h1-3,7-8,13-14,17,19H,4-6,9-12,15H2,(H,24,26). The van der Waals surface area contributed by atoms with Crippen molar-refractivity contribution in [1.82, 2.24) is 15.3 Å². The van der Waals surface area contributed by atoms with Gasteiger partial charge in [0.1, 0.15) is 0 Å². The van der Waals surface area contributed by atoms with E-state index in [1.165, 1.54) is 12.8 Å². The van der Waals surface area contributed by atoms with Crippen molar-refractivity contribution in [3.8, 4) is 11.1 Å². The first kappa shape index (κ1) is 17.0. The summed E-state index contributed by atoms with van der Waals surface area (Å²) < 4.78 is 0. The monoisotopic (exact) mass is 350 g/mol. The molecule has 0 bridgehead atoms. The molecule has 136 valence electrons. The van der Waals surface area contributed by atoms with Gasteiger partial charge in [0.25, 0.3) is 0 Å². The third-order valence-electron chi connectivity index (χ3n) is 5.52. The molecule has 2 aliphatic rings. The van der Waals surface area contributed by atoms with Crippen LogP contribution in [-0.2, 0) is 4.79 Å². The zero-order chi connectivity index (χ0) is 17.8. The number of hydrogen-bond acceptors (Lipinski definition) is 4. The maximum absolute atomic E-state index is 12.6. The van der Waals surface area contributed by atoms with E-state index in [1.807, 2.05) is 30.6 Å². The fourth-order valence-corrected chi connectivity index (χ4v) is 4.03. The summed E-state index contributed by atoms with van der Waals surface area (Å²) >= 11 is 0. The van der Waals surface area contributed by atoms with Crippen LogP contribution in [-0.4, -0.2) is 35.0 Å². The van der Waals surface area contributed by atoms with Gasteiger partial charge >= 0.3 is 0 Å². The minimum Gasteiger partial charge on any atom is -0.353 e. The fraction of sp³-hybridized carbons (Fsp3) is 0.476. The van der Waals surface area contributed by atoms with Gasteiger partial charge in [0.05, 0.1) is 5.92 Å². The second-order valence-electron chi connectivity index (χ2n) is 7.41. The Hall–Kier alpha value is -2.43. The van der Waals surface area contributed by atoms with Crippen LogP contribution in [0.4, 0.5) is 5.95 Å². The molecule has 1 aromatic heterocycles. The molecule has 1 aliphatic carbocycles. The second kappa shape index (κ2) is 7.85. The molecule has 1 aromatic carbocycles. The van der Waals surface area contributed by atoms with Crippen LogP contribution >= 0.6 is 0 Å². The lowest BCUT2D eigenvalue weighted by molar-refractivity contribution is -0.125. The van der Waals surface area contributed by atoms with Crippen LogP contribution < -0.4 is 10.2 Å². The highest BCUT2D eigenvalue weighted by molar-refractivity contribution is 5.79. The molecule has 1 saturated heterocycles. The number of amides is 1. The van der Waals surface area contributed by atoms with Crippen molar-refractivity contribution >= 4 is 11.9 Å². The number of anilines is 1. The molecule has 26 heavy (non-hydrogen) atoms. The minimum atomic E-state index is 0.0433. The summed E-state index contributed by atoms with van der Waals surface area (Å²) in [6.45, 7) is 1.63. The molecular weight excluding hydrogens is 324 g/mol. The summed E-state index contributed by atoms with van der Waals surface area (Å²) in [7, 11) is 0. The zero-order valence-electron chi connectivity index (χ0n) is 15.1. The summed E-state index contributed by atoms with van der Waals surface area (Å²) in [4.78, 5) is 23.9. The van der Waals surface area contributed by atoms with Crippen LogP contribution in [0.1, 0.15) is 38.5 Å². The van der Waals surface area contributed by atoms with Gasteiger partial charge in [0.15, 0.2) is 0 Å². The zero-order valence-corrected chi connectivity index (χ0v) is 15.1. The van der Waals surface area contributed by atoms with Crippen molar-refractivity contribution in [3.63, 3.8) is 0 Å². The van der Waals surface area contributed by atoms with Crippen molar-refractivity contribution < 1.29 is 4.79 Å². The van der Waals surface area contributed by atoms with Crippen LogP contribution in [0.25, 0.3) is 11.1 Å². The number of carbonyl (C=O) groups excluding carboxylic acids is 1. The Morgan fingerprint density at radius 1 is 0.962 bits per heavy atom.